The monoisotopic (exact) mass is 375 g/mol. The van der Waals surface area contributed by atoms with Crippen molar-refractivity contribution >= 4 is 12.0 Å². The van der Waals surface area contributed by atoms with E-state index in [1.807, 2.05) is 0 Å². The van der Waals surface area contributed by atoms with E-state index in [9.17, 15) is 15.0 Å². The molecule has 0 aliphatic heterocycles. The zero-order valence-corrected chi connectivity index (χ0v) is 16.9. The molecule has 0 aliphatic carbocycles. The van der Waals surface area contributed by atoms with Crippen molar-refractivity contribution in [2.45, 2.75) is 84.0 Å². The molecule has 1 amide bonds. The van der Waals surface area contributed by atoms with Crippen molar-refractivity contribution < 1.29 is 15.0 Å². The molecule has 1 aromatic carbocycles. The highest BCUT2D eigenvalue weighted by atomic mass is 16.3. The van der Waals surface area contributed by atoms with E-state index >= 15 is 0 Å². The molecular weight excluding hydrogens is 338 g/mol. The van der Waals surface area contributed by atoms with Crippen molar-refractivity contribution in [1.82, 2.24) is 5.32 Å². The molecule has 0 saturated carbocycles. The minimum atomic E-state index is -0.186. The van der Waals surface area contributed by atoms with Crippen LogP contribution in [0.2, 0.25) is 0 Å². The summed E-state index contributed by atoms with van der Waals surface area (Å²) in [5.74, 6) is -0.483. The summed E-state index contributed by atoms with van der Waals surface area (Å²) in [4.78, 5) is 11.8. The number of hydrogen-bond acceptors (Lipinski definition) is 3. The molecule has 0 heterocycles. The van der Waals surface area contributed by atoms with Gasteiger partial charge in [-0.05, 0) is 30.2 Å². The van der Waals surface area contributed by atoms with Gasteiger partial charge in [-0.15, -0.1) is 0 Å². The number of carbonyl (C=O) groups is 1. The highest BCUT2D eigenvalue weighted by Crippen LogP contribution is 2.25. The first-order valence-electron chi connectivity index (χ1n) is 10.6. The molecule has 0 aliphatic rings. The lowest BCUT2D eigenvalue weighted by atomic mass is 10.1. The molecule has 3 N–H and O–H groups in total. The normalized spacial score (nSPS) is 11.1. The van der Waals surface area contributed by atoms with Gasteiger partial charge < -0.3 is 15.5 Å². The van der Waals surface area contributed by atoms with Crippen molar-refractivity contribution in [2.24, 2.45) is 0 Å². The van der Waals surface area contributed by atoms with Gasteiger partial charge >= 0.3 is 0 Å². The predicted molar refractivity (Wildman–Crippen MR) is 113 cm³/mol. The van der Waals surface area contributed by atoms with Crippen LogP contribution < -0.4 is 5.32 Å². The Kier molecular flexibility index (Phi) is 12.9. The van der Waals surface area contributed by atoms with Crippen LogP contribution in [0.1, 0.15) is 89.5 Å². The molecule has 152 valence electrons. The van der Waals surface area contributed by atoms with E-state index in [0.29, 0.717) is 12.1 Å². The summed E-state index contributed by atoms with van der Waals surface area (Å²) in [6, 6.07) is 4.47. The maximum atomic E-state index is 11.8. The lowest BCUT2D eigenvalue weighted by molar-refractivity contribution is -0.116. The minimum Gasteiger partial charge on any atom is -0.504 e. The summed E-state index contributed by atoms with van der Waals surface area (Å²) in [5.41, 5.74) is 0.672. The highest BCUT2D eigenvalue weighted by molar-refractivity contribution is 5.91. The van der Waals surface area contributed by atoms with Gasteiger partial charge in [0.15, 0.2) is 11.5 Å². The summed E-state index contributed by atoms with van der Waals surface area (Å²) < 4.78 is 0. The van der Waals surface area contributed by atoms with Crippen LogP contribution in [0.15, 0.2) is 24.3 Å². The van der Waals surface area contributed by atoms with Gasteiger partial charge in [0.2, 0.25) is 5.91 Å². The summed E-state index contributed by atoms with van der Waals surface area (Å²) in [5, 5.41) is 21.5. The molecular formula is C23H37NO3. The molecule has 0 atom stereocenters. The molecule has 27 heavy (non-hydrogen) atoms. The average molecular weight is 376 g/mol. The Morgan fingerprint density at radius 2 is 1.41 bits per heavy atom. The molecule has 0 spiro atoms. The van der Waals surface area contributed by atoms with E-state index in [-0.39, 0.29) is 17.4 Å². The Balaban J connectivity index is 1.95. The van der Waals surface area contributed by atoms with Crippen LogP contribution in [0, 0.1) is 0 Å². The van der Waals surface area contributed by atoms with E-state index in [4.69, 9.17) is 0 Å². The maximum absolute atomic E-state index is 11.8. The zero-order chi connectivity index (χ0) is 19.7. The molecule has 0 unspecified atom stereocenters. The number of benzene rings is 1. The molecule has 0 fully saturated rings. The van der Waals surface area contributed by atoms with Crippen LogP contribution >= 0.6 is 0 Å². The topological polar surface area (TPSA) is 69.6 Å². The van der Waals surface area contributed by atoms with Crippen molar-refractivity contribution in [3.8, 4) is 11.5 Å². The molecule has 0 radical (unpaired) electrons. The fourth-order valence-corrected chi connectivity index (χ4v) is 3.05. The van der Waals surface area contributed by atoms with E-state index in [1.54, 1.807) is 12.1 Å². The Bertz CT molecular complexity index is 555. The second-order valence-corrected chi connectivity index (χ2v) is 7.26. The number of nitrogens with one attached hydrogen (secondary N) is 1. The van der Waals surface area contributed by atoms with Crippen LogP contribution in [0.3, 0.4) is 0 Å². The van der Waals surface area contributed by atoms with Gasteiger partial charge in [0, 0.05) is 12.6 Å². The van der Waals surface area contributed by atoms with Crippen molar-refractivity contribution in [3.63, 3.8) is 0 Å². The van der Waals surface area contributed by atoms with Crippen molar-refractivity contribution in [1.29, 1.82) is 0 Å². The SMILES string of the molecule is CCCCCCCCCCCCCCNC(=O)C=Cc1ccc(O)c(O)c1. The number of phenols is 2. The zero-order valence-electron chi connectivity index (χ0n) is 16.9. The molecule has 0 aromatic heterocycles. The van der Waals surface area contributed by atoms with Gasteiger partial charge in [0.25, 0.3) is 0 Å². The van der Waals surface area contributed by atoms with Gasteiger partial charge in [0.05, 0.1) is 0 Å². The maximum Gasteiger partial charge on any atom is 0.243 e. The number of aromatic hydroxyl groups is 2. The lowest BCUT2D eigenvalue weighted by Gasteiger charge is -2.04. The lowest BCUT2D eigenvalue weighted by Crippen LogP contribution is -2.21. The molecule has 0 saturated heterocycles. The number of phenolic OH excluding ortho intramolecular Hbond substituents is 2. The third kappa shape index (κ3) is 12.1. The second kappa shape index (κ2) is 15.1. The van der Waals surface area contributed by atoms with E-state index in [0.717, 1.165) is 12.8 Å². The Morgan fingerprint density at radius 3 is 1.96 bits per heavy atom. The molecule has 1 rings (SSSR count). The molecule has 4 heteroatoms. The van der Waals surface area contributed by atoms with Crippen LogP contribution in [0.4, 0.5) is 0 Å². The second-order valence-electron chi connectivity index (χ2n) is 7.26. The molecule has 4 nitrogen and oxygen atoms in total. The number of amides is 1. The van der Waals surface area contributed by atoms with E-state index in [1.165, 1.54) is 82.4 Å². The highest BCUT2D eigenvalue weighted by Gasteiger charge is 1.99. The number of carbonyl (C=O) groups excluding carboxylic acids is 1. The van der Waals surface area contributed by atoms with E-state index < -0.39 is 0 Å². The Morgan fingerprint density at radius 1 is 0.852 bits per heavy atom. The summed E-state index contributed by atoms with van der Waals surface area (Å²) in [6.45, 7) is 2.95. The summed E-state index contributed by atoms with van der Waals surface area (Å²) in [6.07, 6.45) is 18.8. The van der Waals surface area contributed by atoms with Crippen molar-refractivity contribution in [2.75, 3.05) is 6.54 Å². The first kappa shape index (κ1) is 23.1. The fraction of sp³-hybridized carbons (Fsp3) is 0.609. The molecule has 0 bridgehead atoms. The smallest absolute Gasteiger partial charge is 0.243 e. The third-order valence-electron chi connectivity index (χ3n) is 4.76. The van der Waals surface area contributed by atoms with Gasteiger partial charge in [-0.1, -0.05) is 83.6 Å². The number of unbranched alkanes of at least 4 members (excludes halogenated alkanes) is 11. The largest absolute Gasteiger partial charge is 0.504 e. The van der Waals surface area contributed by atoms with Crippen LogP contribution in [0.5, 0.6) is 11.5 Å². The first-order valence-corrected chi connectivity index (χ1v) is 10.6. The van der Waals surface area contributed by atoms with Crippen molar-refractivity contribution in [3.05, 3.63) is 29.8 Å². The predicted octanol–water partition coefficient (Wildman–Crippen LogP) is 5.93. The third-order valence-corrected chi connectivity index (χ3v) is 4.76. The Labute approximate surface area is 164 Å². The van der Waals surface area contributed by atoms with Gasteiger partial charge in [-0.2, -0.15) is 0 Å². The summed E-state index contributed by atoms with van der Waals surface area (Å²) in [7, 11) is 0. The number of hydrogen-bond donors (Lipinski definition) is 3. The fourth-order valence-electron chi connectivity index (χ4n) is 3.05. The van der Waals surface area contributed by atoms with Crippen LogP contribution in [-0.4, -0.2) is 22.7 Å². The molecule has 1 aromatic rings. The first-order chi connectivity index (χ1) is 13.1. The van der Waals surface area contributed by atoms with E-state index in [2.05, 4.69) is 12.2 Å². The van der Waals surface area contributed by atoms with Gasteiger partial charge in [-0.25, -0.2) is 0 Å². The number of rotatable bonds is 15. The Hall–Kier alpha value is -1.97. The quantitative estimate of drug-likeness (QED) is 0.202. The average Bonchev–Trinajstić information content (AvgIpc) is 2.66. The summed E-state index contributed by atoms with van der Waals surface area (Å²) >= 11 is 0. The van der Waals surface area contributed by atoms with Gasteiger partial charge in [-0.3, -0.25) is 4.79 Å². The van der Waals surface area contributed by atoms with Crippen LogP contribution in [0.25, 0.3) is 6.08 Å². The van der Waals surface area contributed by atoms with Gasteiger partial charge in [0.1, 0.15) is 0 Å². The standard InChI is InChI=1S/C23H37NO3/c1-2-3-4-5-6-7-8-9-10-11-12-13-18-24-23(27)17-15-20-14-16-21(25)22(26)19-20/h14-17,19,25-26H,2-13,18H2,1H3,(H,24,27). The minimum absolute atomic E-state index is 0.134. The van der Waals surface area contributed by atoms with Crippen LogP contribution in [-0.2, 0) is 4.79 Å².